The Kier molecular flexibility index (Phi) is 4.82. The van der Waals surface area contributed by atoms with E-state index >= 15 is 0 Å². The van der Waals surface area contributed by atoms with Crippen LogP contribution < -0.4 is 0 Å². The fourth-order valence-corrected chi connectivity index (χ4v) is 1.93. The summed E-state index contributed by atoms with van der Waals surface area (Å²) in [4.78, 5) is 32.7. The molecule has 2 aromatic heterocycles. The van der Waals surface area contributed by atoms with Gasteiger partial charge in [0.1, 0.15) is 19.2 Å². The van der Waals surface area contributed by atoms with Crippen molar-refractivity contribution >= 4 is 11.9 Å². The second-order valence-electron chi connectivity index (χ2n) is 4.83. The van der Waals surface area contributed by atoms with Crippen molar-refractivity contribution in [3.8, 4) is 5.82 Å². The summed E-state index contributed by atoms with van der Waals surface area (Å²) in [5.41, 5.74) is 0.338. The highest BCUT2D eigenvalue weighted by Gasteiger charge is 2.23. The van der Waals surface area contributed by atoms with Gasteiger partial charge in [0.25, 0.3) is 5.91 Å². The molecule has 1 N–H and O–H groups in total. The van der Waals surface area contributed by atoms with Gasteiger partial charge in [-0.2, -0.15) is 5.10 Å². The zero-order valence-electron chi connectivity index (χ0n) is 12.4. The Morgan fingerprint density at radius 1 is 1.41 bits per heavy atom. The van der Waals surface area contributed by atoms with Gasteiger partial charge in [-0.3, -0.25) is 9.59 Å². The molecule has 0 saturated heterocycles. The van der Waals surface area contributed by atoms with E-state index in [2.05, 4.69) is 15.1 Å². The Labute approximate surface area is 127 Å². The van der Waals surface area contributed by atoms with Crippen LogP contribution in [-0.4, -0.2) is 54.2 Å². The van der Waals surface area contributed by atoms with Crippen molar-refractivity contribution in [3.05, 3.63) is 36.5 Å². The third kappa shape index (κ3) is 3.46. The second-order valence-corrected chi connectivity index (χ2v) is 4.83. The summed E-state index contributed by atoms with van der Waals surface area (Å²) in [6, 6.07) is 3.07. The fourth-order valence-electron chi connectivity index (χ4n) is 1.93. The summed E-state index contributed by atoms with van der Waals surface area (Å²) >= 11 is 0. The van der Waals surface area contributed by atoms with Crippen molar-refractivity contribution in [1.82, 2.24) is 24.6 Å². The predicted molar refractivity (Wildman–Crippen MR) is 77.6 cm³/mol. The van der Waals surface area contributed by atoms with E-state index in [9.17, 15) is 9.59 Å². The number of carbonyl (C=O) groups is 2. The molecule has 8 heteroatoms. The number of carboxylic acid groups (broad SMARTS) is 1. The van der Waals surface area contributed by atoms with Gasteiger partial charge in [0.15, 0.2) is 5.82 Å². The Morgan fingerprint density at radius 3 is 2.68 bits per heavy atom. The summed E-state index contributed by atoms with van der Waals surface area (Å²) in [5.74, 6) is -0.863. The Balaban J connectivity index is 2.21. The largest absolute Gasteiger partial charge is 0.480 e. The Morgan fingerprint density at radius 2 is 2.18 bits per heavy atom. The van der Waals surface area contributed by atoms with Crippen molar-refractivity contribution in [2.45, 2.75) is 26.3 Å². The van der Waals surface area contributed by atoms with E-state index in [1.807, 2.05) is 13.8 Å². The number of carboxylic acids is 1. The molecular weight excluding hydrogens is 286 g/mol. The van der Waals surface area contributed by atoms with Gasteiger partial charge in [-0.1, -0.05) is 6.92 Å². The van der Waals surface area contributed by atoms with E-state index in [0.717, 1.165) is 0 Å². The maximum atomic E-state index is 12.5. The molecule has 0 aliphatic carbocycles. The highest BCUT2D eigenvalue weighted by Crippen LogP contribution is 2.11. The average molecular weight is 303 g/mol. The number of rotatable bonds is 6. The second kappa shape index (κ2) is 6.79. The predicted octanol–water partition coefficient (Wildman–Crippen LogP) is 0.988. The van der Waals surface area contributed by atoms with Gasteiger partial charge in [-0.15, -0.1) is 0 Å². The molecule has 0 bridgehead atoms. The standard InChI is InChI=1S/C14H17N5O3/c1-3-10(2)18(7-13(20)21)14(22)11-4-5-12(16-6-11)19-9-15-8-17-19/h4-6,8-10H,3,7H2,1-2H3,(H,20,21). The number of carbonyl (C=O) groups excluding carboxylic acids is 1. The van der Waals surface area contributed by atoms with Gasteiger partial charge in [-0.25, -0.2) is 14.6 Å². The van der Waals surface area contributed by atoms with Gasteiger partial charge in [0, 0.05) is 12.2 Å². The molecule has 0 spiro atoms. The molecule has 22 heavy (non-hydrogen) atoms. The molecule has 0 aliphatic heterocycles. The Bertz CT molecular complexity index is 639. The van der Waals surface area contributed by atoms with Crippen LogP contribution >= 0.6 is 0 Å². The smallest absolute Gasteiger partial charge is 0.323 e. The van der Waals surface area contributed by atoms with E-state index in [4.69, 9.17) is 5.11 Å². The molecule has 2 rings (SSSR count). The van der Waals surface area contributed by atoms with Crippen molar-refractivity contribution in [1.29, 1.82) is 0 Å². The van der Waals surface area contributed by atoms with E-state index in [-0.39, 0.29) is 18.5 Å². The lowest BCUT2D eigenvalue weighted by Gasteiger charge is -2.26. The van der Waals surface area contributed by atoms with Crippen LogP contribution in [0.4, 0.5) is 0 Å². The van der Waals surface area contributed by atoms with Crippen molar-refractivity contribution in [3.63, 3.8) is 0 Å². The van der Waals surface area contributed by atoms with E-state index in [0.29, 0.717) is 17.8 Å². The molecule has 1 amide bonds. The number of hydrogen-bond donors (Lipinski definition) is 1. The number of hydrogen-bond acceptors (Lipinski definition) is 5. The summed E-state index contributed by atoms with van der Waals surface area (Å²) in [7, 11) is 0. The van der Waals surface area contributed by atoms with Crippen LogP contribution in [0.2, 0.25) is 0 Å². The molecule has 1 atom stereocenters. The van der Waals surface area contributed by atoms with Crippen LogP contribution in [0, 0.1) is 0 Å². The zero-order valence-corrected chi connectivity index (χ0v) is 12.4. The number of aliphatic carboxylic acids is 1. The monoisotopic (exact) mass is 303 g/mol. The van der Waals surface area contributed by atoms with Crippen LogP contribution in [0.1, 0.15) is 30.6 Å². The first-order chi connectivity index (χ1) is 10.5. The highest BCUT2D eigenvalue weighted by atomic mass is 16.4. The van der Waals surface area contributed by atoms with E-state index < -0.39 is 5.97 Å². The molecule has 0 radical (unpaired) electrons. The summed E-state index contributed by atoms with van der Waals surface area (Å²) < 4.78 is 1.47. The number of amides is 1. The maximum absolute atomic E-state index is 12.5. The number of nitrogens with zero attached hydrogens (tertiary/aromatic N) is 5. The molecule has 0 aromatic carbocycles. The molecule has 1 unspecified atom stereocenters. The molecule has 2 heterocycles. The SMILES string of the molecule is CCC(C)N(CC(=O)O)C(=O)c1ccc(-n2cncn2)nc1. The average Bonchev–Trinajstić information content (AvgIpc) is 3.05. The van der Waals surface area contributed by atoms with Gasteiger partial charge in [-0.05, 0) is 25.5 Å². The number of aromatic nitrogens is 4. The summed E-state index contributed by atoms with van der Waals surface area (Å²) in [6.07, 6.45) is 4.97. The van der Waals surface area contributed by atoms with Crippen LogP contribution in [0.15, 0.2) is 31.0 Å². The van der Waals surface area contributed by atoms with Crippen LogP contribution in [0.3, 0.4) is 0 Å². The quantitative estimate of drug-likeness (QED) is 0.854. The van der Waals surface area contributed by atoms with Crippen molar-refractivity contribution < 1.29 is 14.7 Å². The van der Waals surface area contributed by atoms with Gasteiger partial charge in [0.05, 0.1) is 5.56 Å². The minimum Gasteiger partial charge on any atom is -0.480 e. The Hall–Kier alpha value is -2.77. The molecule has 116 valence electrons. The third-order valence-electron chi connectivity index (χ3n) is 3.34. The normalized spacial score (nSPS) is 11.9. The minimum atomic E-state index is -1.04. The highest BCUT2D eigenvalue weighted by molar-refractivity contribution is 5.95. The lowest BCUT2D eigenvalue weighted by molar-refractivity contribution is -0.138. The molecule has 0 fully saturated rings. The minimum absolute atomic E-state index is 0.168. The van der Waals surface area contributed by atoms with Gasteiger partial charge >= 0.3 is 5.97 Å². The summed E-state index contributed by atoms with van der Waals surface area (Å²) in [6.45, 7) is 3.38. The van der Waals surface area contributed by atoms with Crippen LogP contribution in [-0.2, 0) is 4.79 Å². The van der Waals surface area contributed by atoms with Crippen LogP contribution in [0.25, 0.3) is 5.82 Å². The number of pyridine rings is 1. The van der Waals surface area contributed by atoms with Crippen molar-refractivity contribution in [2.75, 3.05) is 6.54 Å². The van der Waals surface area contributed by atoms with Crippen molar-refractivity contribution in [2.24, 2.45) is 0 Å². The van der Waals surface area contributed by atoms with Crippen LogP contribution in [0.5, 0.6) is 0 Å². The summed E-state index contributed by atoms with van der Waals surface area (Å²) in [5, 5.41) is 12.9. The van der Waals surface area contributed by atoms with Gasteiger partial charge < -0.3 is 10.0 Å². The van der Waals surface area contributed by atoms with E-state index in [1.54, 1.807) is 12.1 Å². The molecule has 0 aliphatic rings. The lowest BCUT2D eigenvalue weighted by Crippen LogP contribution is -2.41. The third-order valence-corrected chi connectivity index (χ3v) is 3.34. The first-order valence-corrected chi connectivity index (χ1v) is 6.86. The molecule has 0 saturated carbocycles. The first kappa shape index (κ1) is 15.6. The topological polar surface area (TPSA) is 101 Å². The maximum Gasteiger partial charge on any atom is 0.323 e. The van der Waals surface area contributed by atoms with Gasteiger partial charge in [0.2, 0.25) is 0 Å². The fraction of sp³-hybridized carbons (Fsp3) is 0.357. The zero-order chi connectivity index (χ0) is 16.1. The first-order valence-electron chi connectivity index (χ1n) is 6.86. The van der Waals surface area contributed by atoms with E-state index in [1.165, 1.54) is 28.4 Å². The molecule has 2 aromatic rings. The molecular formula is C14H17N5O3. The molecule has 8 nitrogen and oxygen atoms in total. The lowest BCUT2D eigenvalue weighted by atomic mass is 10.1.